The Labute approximate surface area is 244 Å². The highest BCUT2D eigenvalue weighted by Crippen LogP contribution is 2.62. The van der Waals surface area contributed by atoms with Crippen molar-refractivity contribution in [2.24, 2.45) is 23.2 Å². The Morgan fingerprint density at radius 3 is 2.29 bits per heavy atom. The molecule has 0 bridgehead atoms. The number of hydroxylamine groups is 1. The third-order valence-electron chi connectivity index (χ3n) is 10.7. The summed E-state index contributed by atoms with van der Waals surface area (Å²) in [6, 6.07) is 9.23. The molecule has 4 rings (SSSR count). The molecule has 1 aromatic rings. The Bertz CT molecular complexity index is 1000. The van der Waals surface area contributed by atoms with Crippen molar-refractivity contribution < 1.29 is 31.4 Å². The highest BCUT2D eigenvalue weighted by Gasteiger charge is 2.57. The summed E-state index contributed by atoms with van der Waals surface area (Å²) in [5, 5.41) is 9.86. The average molecular weight is 606 g/mol. The van der Waals surface area contributed by atoms with Gasteiger partial charge in [0.1, 0.15) is 0 Å². The maximum absolute atomic E-state index is 13.0. The third-order valence-corrected chi connectivity index (χ3v) is 12.2. The highest BCUT2D eigenvalue weighted by molar-refractivity contribution is 7.84. The number of hydrogen-bond acceptors (Lipinski definition) is 3. The van der Waals surface area contributed by atoms with Crippen molar-refractivity contribution in [1.29, 1.82) is 0 Å². The molecule has 41 heavy (non-hydrogen) atoms. The van der Waals surface area contributed by atoms with Crippen LogP contribution in [0.2, 0.25) is 0 Å². The molecule has 9 heteroatoms. The summed E-state index contributed by atoms with van der Waals surface area (Å²) in [5.74, 6) is -1.78. The van der Waals surface area contributed by atoms with E-state index in [1.54, 1.807) is 5.56 Å². The lowest BCUT2D eigenvalue weighted by Crippen LogP contribution is -2.50. The average Bonchev–Trinajstić information content (AvgIpc) is 3.27. The number of unbranched alkanes of at least 4 members (excludes halogenated alkanes) is 6. The SMILES string of the molecule is C[C@]12CC[C@@H]3c4ccccc4C[C@@H](CCCCCCCCCS(=O)CCCC(F)(F)C(F)(F)F)[C@H]3[C@@H]1CCC2NO. The molecule has 3 aliphatic carbocycles. The lowest BCUT2D eigenvalue weighted by molar-refractivity contribution is -0.284. The molecule has 3 nitrogen and oxygen atoms in total. The van der Waals surface area contributed by atoms with Gasteiger partial charge in [-0.05, 0) is 91.6 Å². The van der Waals surface area contributed by atoms with Gasteiger partial charge in [0.05, 0.1) is 0 Å². The molecule has 0 amide bonds. The molecule has 0 radical (unpaired) electrons. The zero-order valence-corrected chi connectivity index (χ0v) is 25.2. The van der Waals surface area contributed by atoms with Gasteiger partial charge in [0.15, 0.2) is 0 Å². The molecule has 2 fully saturated rings. The second-order valence-electron chi connectivity index (χ2n) is 13.2. The maximum atomic E-state index is 13.0. The van der Waals surface area contributed by atoms with E-state index < -0.39 is 29.3 Å². The van der Waals surface area contributed by atoms with Crippen LogP contribution in [0.4, 0.5) is 22.0 Å². The smallest absolute Gasteiger partial charge is 0.317 e. The van der Waals surface area contributed by atoms with Crippen LogP contribution in [0.15, 0.2) is 24.3 Å². The second kappa shape index (κ2) is 14.1. The monoisotopic (exact) mass is 605 g/mol. The second-order valence-corrected chi connectivity index (χ2v) is 14.9. The first-order valence-electron chi connectivity index (χ1n) is 15.7. The zero-order valence-electron chi connectivity index (χ0n) is 24.4. The summed E-state index contributed by atoms with van der Waals surface area (Å²) in [6.07, 6.45) is 7.13. The fourth-order valence-corrected chi connectivity index (χ4v) is 9.67. The van der Waals surface area contributed by atoms with Gasteiger partial charge in [0, 0.05) is 34.8 Å². The largest absolute Gasteiger partial charge is 0.453 e. The molecular formula is C32H48F5NO2S. The van der Waals surface area contributed by atoms with Crippen LogP contribution in [-0.2, 0) is 17.2 Å². The number of nitrogens with one attached hydrogen (secondary N) is 1. The van der Waals surface area contributed by atoms with Crippen LogP contribution < -0.4 is 5.48 Å². The van der Waals surface area contributed by atoms with Crippen LogP contribution in [0, 0.1) is 23.2 Å². The number of hydrogen-bond donors (Lipinski definition) is 2. The third kappa shape index (κ3) is 7.72. The van der Waals surface area contributed by atoms with Crippen molar-refractivity contribution in [3.8, 4) is 0 Å². The van der Waals surface area contributed by atoms with E-state index in [9.17, 15) is 31.4 Å². The van der Waals surface area contributed by atoms with E-state index in [1.807, 2.05) is 0 Å². The van der Waals surface area contributed by atoms with E-state index in [4.69, 9.17) is 0 Å². The highest BCUT2D eigenvalue weighted by atomic mass is 32.2. The zero-order chi connectivity index (χ0) is 29.7. The van der Waals surface area contributed by atoms with Gasteiger partial charge in [0.2, 0.25) is 0 Å². The van der Waals surface area contributed by atoms with Gasteiger partial charge in [0.25, 0.3) is 0 Å². The van der Waals surface area contributed by atoms with E-state index >= 15 is 0 Å². The molecule has 2 N–H and O–H groups in total. The Balaban J connectivity index is 1.14. The van der Waals surface area contributed by atoms with Gasteiger partial charge in [-0.3, -0.25) is 4.21 Å². The summed E-state index contributed by atoms with van der Waals surface area (Å²) >= 11 is 0. The number of alkyl halides is 5. The van der Waals surface area contributed by atoms with Crippen molar-refractivity contribution in [1.82, 2.24) is 5.48 Å². The standard InChI is InChI=1S/C32H48F5NO2S/c1-30-19-17-26-25-14-9-8-12-23(25)22-24(29(26)27(30)15-16-28(30)38-39)13-7-5-3-2-4-6-10-20-41(40)21-11-18-31(33,34)32(35,36)37/h8-9,12,14,24,26-29,38-39H,2-7,10-11,13,15-22H2,1H3/t24-,26-,27+,28?,29-,30+,41?/m1/s1. The molecule has 2 saturated carbocycles. The first-order chi connectivity index (χ1) is 19.5. The molecule has 7 atom stereocenters. The lowest BCUT2D eigenvalue weighted by Gasteiger charge is -2.53. The van der Waals surface area contributed by atoms with Gasteiger partial charge < -0.3 is 5.21 Å². The first-order valence-corrected chi connectivity index (χ1v) is 17.2. The number of rotatable bonds is 15. The molecule has 0 saturated heterocycles. The number of halogens is 5. The summed E-state index contributed by atoms with van der Waals surface area (Å²) in [4.78, 5) is 0. The fourth-order valence-electron chi connectivity index (χ4n) is 8.47. The summed E-state index contributed by atoms with van der Waals surface area (Å²) in [6.45, 7) is 2.40. The Hall–Kier alpha value is -1.06. The van der Waals surface area contributed by atoms with Crippen LogP contribution in [0.25, 0.3) is 0 Å². The molecule has 3 aliphatic rings. The van der Waals surface area contributed by atoms with Crippen LogP contribution in [0.5, 0.6) is 0 Å². The van der Waals surface area contributed by atoms with Crippen LogP contribution in [-0.4, -0.2) is 39.1 Å². The van der Waals surface area contributed by atoms with Crippen LogP contribution >= 0.6 is 0 Å². The van der Waals surface area contributed by atoms with Gasteiger partial charge in [-0.15, -0.1) is 0 Å². The summed E-state index contributed by atoms with van der Waals surface area (Å²) < 4.78 is 74.6. The molecule has 0 aliphatic heterocycles. The number of fused-ring (bicyclic) bond motifs is 5. The number of benzene rings is 1. The minimum absolute atomic E-state index is 0.101. The summed E-state index contributed by atoms with van der Waals surface area (Å²) in [7, 11) is -1.34. The lowest BCUT2D eigenvalue weighted by atomic mass is 9.52. The van der Waals surface area contributed by atoms with E-state index in [0.717, 1.165) is 44.9 Å². The van der Waals surface area contributed by atoms with E-state index in [2.05, 4.69) is 36.7 Å². The van der Waals surface area contributed by atoms with Gasteiger partial charge >= 0.3 is 12.1 Å². The molecule has 234 valence electrons. The minimum Gasteiger partial charge on any atom is -0.317 e. The van der Waals surface area contributed by atoms with E-state index in [0.29, 0.717) is 29.4 Å². The topological polar surface area (TPSA) is 49.3 Å². The predicted molar refractivity (Wildman–Crippen MR) is 154 cm³/mol. The van der Waals surface area contributed by atoms with Gasteiger partial charge in [-0.1, -0.05) is 69.7 Å². The molecule has 0 heterocycles. The maximum Gasteiger partial charge on any atom is 0.453 e. The molecule has 2 unspecified atom stereocenters. The fraction of sp³-hybridized carbons (Fsp3) is 0.812. The molecule has 0 spiro atoms. The molecule has 1 aromatic carbocycles. The molecule has 0 aromatic heterocycles. The van der Waals surface area contributed by atoms with E-state index in [1.165, 1.54) is 44.1 Å². The van der Waals surface area contributed by atoms with Crippen molar-refractivity contribution in [2.75, 3.05) is 11.5 Å². The molecular weight excluding hydrogens is 557 g/mol. The first kappa shape index (κ1) is 32.8. The predicted octanol–water partition coefficient (Wildman–Crippen LogP) is 8.96. The van der Waals surface area contributed by atoms with Crippen molar-refractivity contribution in [3.63, 3.8) is 0 Å². The Morgan fingerprint density at radius 1 is 0.927 bits per heavy atom. The van der Waals surface area contributed by atoms with Crippen molar-refractivity contribution >= 4 is 10.8 Å². The Kier molecular flexibility index (Phi) is 11.3. The van der Waals surface area contributed by atoms with Crippen LogP contribution in [0.3, 0.4) is 0 Å². The van der Waals surface area contributed by atoms with Crippen LogP contribution in [0.1, 0.15) is 114 Å². The van der Waals surface area contributed by atoms with Gasteiger partial charge in [-0.2, -0.15) is 22.0 Å². The van der Waals surface area contributed by atoms with Crippen molar-refractivity contribution in [2.45, 2.75) is 127 Å². The normalized spacial score (nSPS) is 30.5. The van der Waals surface area contributed by atoms with Crippen molar-refractivity contribution in [3.05, 3.63) is 35.4 Å². The minimum atomic E-state index is -5.53. The summed E-state index contributed by atoms with van der Waals surface area (Å²) in [5.41, 5.74) is 5.92. The Morgan fingerprint density at radius 2 is 1.59 bits per heavy atom. The van der Waals surface area contributed by atoms with E-state index in [-0.39, 0.29) is 23.6 Å². The van der Waals surface area contributed by atoms with Gasteiger partial charge in [-0.25, -0.2) is 5.48 Å². The quantitative estimate of drug-likeness (QED) is 0.119.